The highest BCUT2D eigenvalue weighted by atomic mass is 19.4. The van der Waals surface area contributed by atoms with Crippen LogP contribution in [0.3, 0.4) is 0 Å². The number of primary amides is 1. The van der Waals surface area contributed by atoms with Crippen LogP contribution < -0.4 is 30.3 Å². The number of rotatable bonds is 13. The maximum absolute atomic E-state index is 15.6. The summed E-state index contributed by atoms with van der Waals surface area (Å²) in [5.74, 6) is -3.08. The summed E-state index contributed by atoms with van der Waals surface area (Å²) in [7, 11) is 0. The Bertz CT molecular complexity index is 3500. The van der Waals surface area contributed by atoms with Gasteiger partial charge >= 0.3 is 31.0 Å². The molecule has 24 heteroatoms. The summed E-state index contributed by atoms with van der Waals surface area (Å²) >= 11 is 0. The summed E-state index contributed by atoms with van der Waals surface area (Å²) in [6.45, 7) is 21.8. The zero-order valence-electron chi connectivity index (χ0n) is 47.8. The van der Waals surface area contributed by atoms with Gasteiger partial charge in [0, 0.05) is 23.2 Å². The van der Waals surface area contributed by atoms with Gasteiger partial charge in [-0.2, -0.15) is 0 Å². The minimum Gasteiger partial charge on any atom is -0.449 e. The number of halogens is 6. The number of carbonyl (C=O) groups excluding carboxylic acids is 5. The number of imidazole rings is 2. The number of aromatic nitrogens is 4. The van der Waals surface area contributed by atoms with E-state index in [0.717, 1.165) is 46.9 Å². The molecule has 2 aliphatic carbocycles. The average molecular weight is 1160 g/mol. The number of hydrogen-bond acceptors (Lipinski definition) is 12. The molecule has 1 saturated heterocycles. The van der Waals surface area contributed by atoms with Crippen molar-refractivity contribution < 1.29 is 74.0 Å². The molecule has 3 fully saturated rings. The summed E-state index contributed by atoms with van der Waals surface area (Å²) in [5.41, 5.74) is 7.77. The van der Waals surface area contributed by atoms with Crippen molar-refractivity contribution in [2.24, 2.45) is 27.4 Å². The highest BCUT2D eigenvalue weighted by Gasteiger charge is 2.45. The lowest BCUT2D eigenvalue weighted by molar-refractivity contribution is -0.275. The van der Waals surface area contributed by atoms with Crippen molar-refractivity contribution in [2.75, 3.05) is 16.4 Å². The first-order valence-corrected chi connectivity index (χ1v) is 27.1. The van der Waals surface area contributed by atoms with E-state index in [-0.39, 0.29) is 74.2 Å². The van der Waals surface area contributed by atoms with Gasteiger partial charge in [-0.3, -0.25) is 14.9 Å². The van der Waals surface area contributed by atoms with E-state index in [0.29, 0.717) is 53.4 Å². The molecule has 3 heterocycles. The molecule has 2 saturated carbocycles. The molecule has 83 heavy (non-hydrogen) atoms. The predicted octanol–water partition coefficient (Wildman–Crippen LogP) is 14.5. The molecule has 3 aliphatic rings. The van der Waals surface area contributed by atoms with Crippen LogP contribution in [0.15, 0.2) is 72.8 Å². The van der Waals surface area contributed by atoms with Crippen LogP contribution in [0, 0.1) is 35.5 Å². The largest absolute Gasteiger partial charge is 0.573 e. The standard InChI is InChI=1S/C59H66F6N8O10/c1-12-79-52(77)72(33-13-17-37(18-14-33)82-58(60,61)62)49-67-41-23-39(31(2)21-43(41)70(49)35-25-54(4,5)29-55(6,7)26-35)45(47(66)74)81-53(78)73(34-15-19-38(20-16-34)83-59(63,64)65)50-68-42-24-40(46-48(75)69-51(76)80-46)32(3)22-44(42)71(50)36-27-56(8,9)30-57(10,11)28-36/h13-24,35-36,45-46H,12,25-30H2,1-11H3,(H2,66,74)(H,69,75,76). The zero-order valence-corrected chi connectivity index (χ0v) is 47.8. The van der Waals surface area contributed by atoms with Gasteiger partial charge in [-0.15, -0.1) is 26.3 Å². The number of nitrogens with one attached hydrogen (secondary N) is 1. The zero-order chi connectivity index (χ0) is 60.7. The topological polar surface area (TPSA) is 212 Å². The van der Waals surface area contributed by atoms with Crippen molar-refractivity contribution in [3.63, 3.8) is 0 Å². The molecule has 444 valence electrons. The molecule has 2 aromatic heterocycles. The Morgan fingerprint density at radius 1 is 0.675 bits per heavy atom. The Hall–Kier alpha value is -8.05. The first-order chi connectivity index (χ1) is 38.5. The quantitative estimate of drug-likeness (QED) is 0.0817. The molecule has 2 unspecified atom stereocenters. The van der Waals surface area contributed by atoms with Gasteiger partial charge in [-0.25, -0.2) is 34.2 Å². The number of hydrogen-bond donors (Lipinski definition) is 2. The maximum Gasteiger partial charge on any atom is 0.573 e. The van der Waals surface area contributed by atoms with E-state index < -0.39 is 72.6 Å². The lowest BCUT2D eigenvalue weighted by atomic mass is 9.63. The van der Waals surface area contributed by atoms with Crippen LogP contribution in [0.4, 0.5) is 64.0 Å². The molecule has 0 bridgehead atoms. The van der Waals surface area contributed by atoms with E-state index in [2.05, 4.69) is 70.2 Å². The van der Waals surface area contributed by atoms with Gasteiger partial charge in [0.05, 0.1) is 40.0 Å². The van der Waals surface area contributed by atoms with Crippen LogP contribution >= 0.6 is 0 Å². The molecule has 6 aromatic rings. The second-order valence-corrected chi connectivity index (χ2v) is 25.0. The number of fused-ring (bicyclic) bond motifs is 2. The Morgan fingerprint density at radius 3 is 1.49 bits per heavy atom. The van der Waals surface area contributed by atoms with E-state index in [1.54, 1.807) is 39.0 Å². The molecule has 2 atom stereocenters. The van der Waals surface area contributed by atoms with E-state index in [1.807, 2.05) is 9.13 Å². The Labute approximate surface area is 474 Å². The third kappa shape index (κ3) is 12.8. The summed E-state index contributed by atoms with van der Waals surface area (Å²) < 4.78 is 110. The number of anilines is 4. The molecule has 3 N–H and O–H groups in total. The minimum atomic E-state index is -5.07. The van der Waals surface area contributed by atoms with Crippen molar-refractivity contribution in [3.05, 3.63) is 95.1 Å². The lowest BCUT2D eigenvalue weighted by Gasteiger charge is -2.46. The Kier molecular flexibility index (Phi) is 15.3. The maximum atomic E-state index is 15.6. The number of imide groups is 1. The molecular formula is C59H66F6N8O10. The number of nitrogens with zero attached hydrogens (tertiary/aromatic N) is 6. The fourth-order valence-electron chi connectivity index (χ4n) is 13.4. The number of ether oxygens (including phenoxy) is 5. The highest BCUT2D eigenvalue weighted by molar-refractivity contribution is 6.02. The molecular weight excluding hydrogens is 1090 g/mol. The number of nitrogens with two attached hydrogens (primary N) is 1. The molecule has 5 amide bonds. The summed E-state index contributed by atoms with van der Waals surface area (Å²) in [6, 6.07) is 14.7. The van der Waals surface area contributed by atoms with Gasteiger partial charge in [0.25, 0.3) is 11.8 Å². The number of aryl methyl sites for hydroxylation is 2. The van der Waals surface area contributed by atoms with Gasteiger partial charge in [-0.05, 0) is 165 Å². The van der Waals surface area contributed by atoms with E-state index >= 15 is 4.79 Å². The first kappa shape index (κ1) is 59.6. The van der Waals surface area contributed by atoms with Gasteiger partial charge in [-0.1, -0.05) is 55.4 Å². The second kappa shape index (κ2) is 21.3. The van der Waals surface area contributed by atoms with Crippen molar-refractivity contribution in [1.82, 2.24) is 24.4 Å². The second-order valence-electron chi connectivity index (χ2n) is 25.0. The normalized spacial score (nSPS) is 19.2. The van der Waals surface area contributed by atoms with Crippen molar-refractivity contribution in [3.8, 4) is 11.5 Å². The van der Waals surface area contributed by atoms with Crippen molar-refractivity contribution >= 4 is 75.4 Å². The molecule has 9 rings (SSSR count). The monoisotopic (exact) mass is 1160 g/mol. The van der Waals surface area contributed by atoms with Crippen LogP contribution in [0.25, 0.3) is 22.1 Å². The van der Waals surface area contributed by atoms with Crippen molar-refractivity contribution in [2.45, 2.75) is 152 Å². The van der Waals surface area contributed by atoms with Gasteiger partial charge in [0.2, 0.25) is 24.1 Å². The predicted molar refractivity (Wildman–Crippen MR) is 293 cm³/mol. The van der Waals surface area contributed by atoms with E-state index in [9.17, 15) is 45.5 Å². The Morgan fingerprint density at radius 2 is 1.10 bits per heavy atom. The SMILES string of the molecule is CCOC(=O)N(c1ccc(OC(F)(F)F)cc1)c1nc2cc(C(OC(=O)N(c3ccc(OC(F)(F)F)cc3)c3nc4cc(C5OC(=O)NC5=O)c(C)cc4n3C3CC(C)(C)CC(C)(C)C3)C(N)=O)c(C)cc2n1C1CC(C)(C)CC(C)(C)C1. The van der Waals surface area contributed by atoms with Crippen LogP contribution in [-0.4, -0.2) is 68.5 Å². The number of alkyl halides is 6. The molecule has 1 aliphatic heterocycles. The summed E-state index contributed by atoms with van der Waals surface area (Å²) in [5, 5.41) is 2.14. The first-order valence-electron chi connectivity index (χ1n) is 27.1. The van der Waals surface area contributed by atoms with Gasteiger partial charge < -0.3 is 38.6 Å². The highest BCUT2D eigenvalue weighted by Crippen LogP contribution is 2.54. The summed E-state index contributed by atoms with van der Waals surface area (Å²) in [4.78, 5) is 81.2. The van der Waals surface area contributed by atoms with Crippen LogP contribution in [0.2, 0.25) is 0 Å². The third-order valence-corrected chi connectivity index (χ3v) is 15.3. The van der Waals surface area contributed by atoms with Gasteiger partial charge in [0.15, 0.2) is 0 Å². The fraction of sp³-hybridized carbons (Fsp3) is 0.475. The smallest absolute Gasteiger partial charge is 0.449 e. The lowest BCUT2D eigenvalue weighted by Crippen LogP contribution is -2.38. The van der Waals surface area contributed by atoms with Crippen LogP contribution in [0.5, 0.6) is 11.5 Å². The van der Waals surface area contributed by atoms with Crippen LogP contribution in [-0.2, 0) is 23.8 Å². The minimum absolute atomic E-state index is 0.0211. The molecule has 4 aromatic carbocycles. The van der Waals surface area contributed by atoms with Crippen molar-refractivity contribution in [1.29, 1.82) is 0 Å². The number of cyclic esters (lactones) is 1. The average Bonchev–Trinajstić information content (AvgIpc) is 2.23. The van der Waals surface area contributed by atoms with Gasteiger partial charge in [0.1, 0.15) is 11.5 Å². The van der Waals surface area contributed by atoms with Crippen LogP contribution in [0.1, 0.15) is 147 Å². The van der Waals surface area contributed by atoms with E-state index in [1.165, 1.54) is 30.3 Å². The number of alkyl carbamates (subject to hydrolysis) is 1. The fourth-order valence-corrected chi connectivity index (χ4v) is 13.4. The summed E-state index contributed by atoms with van der Waals surface area (Å²) in [6.07, 6.45) is -12.4. The van der Waals surface area contributed by atoms with E-state index in [4.69, 9.17) is 29.9 Å². The number of carbonyl (C=O) groups is 5. The third-order valence-electron chi connectivity index (χ3n) is 15.3. The molecule has 0 radical (unpaired) electrons. The number of benzene rings is 4. The molecule has 18 nitrogen and oxygen atoms in total. The number of amides is 5. The Balaban J connectivity index is 1.22. The molecule has 0 spiro atoms.